The Morgan fingerprint density at radius 1 is 1.29 bits per heavy atom. The molecule has 5 heteroatoms. The maximum Gasteiger partial charge on any atom is 0.134 e. The Hall–Kier alpha value is -1.07. The molecule has 0 radical (unpaired) electrons. The number of hydrogen-bond donors (Lipinski definition) is 1. The SMILES string of the molecule is CNC(c1cc2cc(Cl)ccc2o1)C1(OC)CCOCC1. The summed E-state index contributed by atoms with van der Waals surface area (Å²) in [4.78, 5) is 0. The molecule has 2 aromatic rings. The lowest BCUT2D eigenvalue weighted by Gasteiger charge is -2.41. The lowest BCUT2D eigenvalue weighted by atomic mass is 9.84. The molecule has 1 aromatic carbocycles. The average Bonchev–Trinajstić information content (AvgIpc) is 2.91. The first-order valence-corrected chi connectivity index (χ1v) is 7.55. The van der Waals surface area contributed by atoms with Gasteiger partial charge in [-0.2, -0.15) is 0 Å². The van der Waals surface area contributed by atoms with Crippen molar-refractivity contribution in [3.63, 3.8) is 0 Å². The van der Waals surface area contributed by atoms with Gasteiger partial charge < -0.3 is 19.2 Å². The van der Waals surface area contributed by atoms with Gasteiger partial charge in [0.05, 0.1) is 11.6 Å². The minimum Gasteiger partial charge on any atom is -0.459 e. The highest BCUT2D eigenvalue weighted by molar-refractivity contribution is 6.31. The molecule has 3 rings (SSSR count). The molecule has 1 unspecified atom stereocenters. The van der Waals surface area contributed by atoms with Crippen LogP contribution in [0.4, 0.5) is 0 Å². The van der Waals surface area contributed by atoms with Gasteiger partial charge in [-0.3, -0.25) is 0 Å². The van der Waals surface area contributed by atoms with Gasteiger partial charge in [-0.15, -0.1) is 0 Å². The molecule has 1 saturated heterocycles. The Morgan fingerprint density at radius 2 is 2.05 bits per heavy atom. The quantitative estimate of drug-likeness (QED) is 0.938. The lowest BCUT2D eigenvalue weighted by Crippen LogP contribution is -2.48. The van der Waals surface area contributed by atoms with Crippen molar-refractivity contribution in [3.05, 3.63) is 35.0 Å². The largest absolute Gasteiger partial charge is 0.459 e. The summed E-state index contributed by atoms with van der Waals surface area (Å²) in [5.41, 5.74) is 0.540. The minimum absolute atomic E-state index is 0.0161. The van der Waals surface area contributed by atoms with Crippen LogP contribution in [0.25, 0.3) is 11.0 Å². The first kappa shape index (κ1) is 14.9. The van der Waals surface area contributed by atoms with Gasteiger partial charge >= 0.3 is 0 Å². The predicted molar refractivity (Wildman–Crippen MR) is 82.8 cm³/mol. The van der Waals surface area contributed by atoms with E-state index in [2.05, 4.69) is 5.32 Å². The third kappa shape index (κ3) is 2.69. The van der Waals surface area contributed by atoms with Crippen LogP contribution < -0.4 is 5.32 Å². The van der Waals surface area contributed by atoms with Crippen LogP contribution in [0.5, 0.6) is 0 Å². The van der Waals surface area contributed by atoms with Gasteiger partial charge in [0.1, 0.15) is 11.3 Å². The van der Waals surface area contributed by atoms with Crippen LogP contribution >= 0.6 is 11.6 Å². The first-order valence-electron chi connectivity index (χ1n) is 7.18. The highest BCUT2D eigenvalue weighted by atomic mass is 35.5. The second kappa shape index (κ2) is 5.97. The predicted octanol–water partition coefficient (Wildman–Crippen LogP) is 3.54. The van der Waals surface area contributed by atoms with Gasteiger partial charge in [0.25, 0.3) is 0 Å². The maximum absolute atomic E-state index is 6.05. The van der Waals surface area contributed by atoms with Gasteiger partial charge in [-0.1, -0.05) is 11.6 Å². The fourth-order valence-electron chi connectivity index (χ4n) is 3.17. The van der Waals surface area contributed by atoms with Crippen molar-refractivity contribution in [1.82, 2.24) is 5.32 Å². The fourth-order valence-corrected chi connectivity index (χ4v) is 3.35. The van der Waals surface area contributed by atoms with E-state index in [9.17, 15) is 0 Å². The molecular weight excluding hydrogens is 290 g/mol. The van der Waals surface area contributed by atoms with E-state index < -0.39 is 0 Å². The zero-order valence-corrected chi connectivity index (χ0v) is 13.1. The Morgan fingerprint density at radius 3 is 2.71 bits per heavy atom. The van der Waals surface area contributed by atoms with E-state index in [0.717, 1.165) is 29.6 Å². The van der Waals surface area contributed by atoms with Crippen molar-refractivity contribution in [2.75, 3.05) is 27.4 Å². The molecule has 4 nitrogen and oxygen atoms in total. The molecule has 1 N–H and O–H groups in total. The topological polar surface area (TPSA) is 43.6 Å². The van der Waals surface area contributed by atoms with Crippen molar-refractivity contribution >= 4 is 22.6 Å². The Labute approximate surface area is 129 Å². The van der Waals surface area contributed by atoms with E-state index in [4.69, 9.17) is 25.5 Å². The number of halogens is 1. The number of hydrogen-bond acceptors (Lipinski definition) is 4. The number of fused-ring (bicyclic) bond motifs is 1. The molecule has 0 aliphatic carbocycles. The molecule has 1 atom stereocenters. The maximum atomic E-state index is 6.05. The van der Waals surface area contributed by atoms with Crippen LogP contribution in [-0.4, -0.2) is 33.0 Å². The second-order valence-electron chi connectivity index (χ2n) is 5.43. The molecule has 21 heavy (non-hydrogen) atoms. The van der Waals surface area contributed by atoms with Crippen LogP contribution in [-0.2, 0) is 9.47 Å². The summed E-state index contributed by atoms with van der Waals surface area (Å²) in [5, 5.41) is 5.07. The molecule has 1 aliphatic rings. The molecule has 0 bridgehead atoms. The lowest BCUT2D eigenvalue weighted by molar-refractivity contribution is -0.113. The van der Waals surface area contributed by atoms with E-state index in [1.54, 1.807) is 7.11 Å². The van der Waals surface area contributed by atoms with Gasteiger partial charge in [-0.25, -0.2) is 0 Å². The minimum atomic E-state index is -0.301. The number of rotatable bonds is 4. The van der Waals surface area contributed by atoms with Crippen LogP contribution in [0.3, 0.4) is 0 Å². The van der Waals surface area contributed by atoms with E-state index in [1.165, 1.54) is 0 Å². The number of nitrogens with one attached hydrogen (secondary N) is 1. The van der Waals surface area contributed by atoms with E-state index in [-0.39, 0.29) is 11.6 Å². The van der Waals surface area contributed by atoms with Gasteiger partial charge in [0.2, 0.25) is 0 Å². The molecule has 0 spiro atoms. The van der Waals surface area contributed by atoms with E-state index in [0.29, 0.717) is 18.2 Å². The highest BCUT2D eigenvalue weighted by Crippen LogP contribution is 2.39. The van der Waals surface area contributed by atoms with Gasteiger partial charge in [0, 0.05) is 43.6 Å². The van der Waals surface area contributed by atoms with Crippen molar-refractivity contribution in [2.24, 2.45) is 0 Å². The van der Waals surface area contributed by atoms with Crippen molar-refractivity contribution in [3.8, 4) is 0 Å². The van der Waals surface area contributed by atoms with Crippen LogP contribution in [0.1, 0.15) is 24.6 Å². The first-order chi connectivity index (χ1) is 10.2. The molecule has 1 aliphatic heterocycles. The Kier molecular flexibility index (Phi) is 4.22. The molecule has 114 valence electrons. The van der Waals surface area contributed by atoms with Gasteiger partial charge in [-0.05, 0) is 31.3 Å². The summed E-state index contributed by atoms with van der Waals surface area (Å²) in [6, 6.07) is 7.68. The van der Waals surface area contributed by atoms with Crippen molar-refractivity contribution in [1.29, 1.82) is 0 Å². The standard InChI is InChI=1S/C16H20ClNO3/c1-18-15(16(19-2)5-7-20-8-6-16)14-10-11-9-12(17)3-4-13(11)21-14/h3-4,9-10,15,18H,5-8H2,1-2H3. The normalized spacial score (nSPS) is 19.8. The summed E-state index contributed by atoms with van der Waals surface area (Å²) in [5.74, 6) is 0.874. The number of ether oxygens (including phenoxy) is 2. The third-order valence-electron chi connectivity index (χ3n) is 4.34. The van der Waals surface area contributed by atoms with Crippen molar-refractivity contribution < 1.29 is 13.9 Å². The number of furan rings is 1. The second-order valence-corrected chi connectivity index (χ2v) is 5.87. The third-order valence-corrected chi connectivity index (χ3v) is 4.58. The summed E-state index contributed by atoms with van der Waals surface area (Å²) < 4.78 is 17.4. The zero-order valence-electron chi connectivity index (χ0n) is 12.3. The van der Waals surface area contributed by atoms with Crippen molar-refractivity contribution in [2.45, 2.75) is 24.5 Å². The van der Waals surface area contributed by atoms with Gasteiger partial charge in [0.15, 0.2) is 0 Å². The molecule has 1 fully saturated rings. The zero-order chi connectivity index (χ0) is 14.9. The van der Waals surface area contributed by atoms with E-state index >= 15 is 0 Å². The number of methoxy groups -OCH3 is 1. The number of benzene rings is 1. The Bertz CT molecular complexity index is 619. The molecule has 0 saturated carbocycles. The smallest absolute Gasteiger partial charge is 0.134 e. The van der Waals surface area contributed by atoms with E-state index in [1.807, 2.05) is 31.3 Å². The average molecular weight is 310 g/mol. The monoisotopic (exact) mass is 309 g/mol. The molecule has 2 heterocycles. The molecule has 1 aromatic heterocycles. The van der Waals surface area contributed by atoms with Crippen LogP contribution in [0.2, 0.25) is 5.02 Å². The molecular formula is C16H20ClNO3. The summed E-state index contributed by atoms with van der Waals surface area (Å²) in [6.45, 7) is 1.41. The fraction of sp³-hybridized carbons (Fsp3) is 0.500. The summed E-state index contributed by atoms with van der Waals surface area (Å²) in [7, 11) is 3.69. The summed E-state index contributed by atoms with van der Waals surface area (Å²) in [6.07, 6.45) is 1.68. The summed E-state index contributed by atoms with van der Waals surface area (Å²) >= 11 is 6.05. The number of likely N-dealkylation sites (N-methyl/N-ethyl adjacent to an activating group) is 1. The van der Waals surface area contributed by atoms with Crippen LogP contribution in [0, 0.1) is 0 Å². The molecule has 0 amide bonds. The Balaban J connectivity index is 2.00. The highest BCUT2D eigenvalue weighted by Gasteiger charge is 2.42. The van der Waals surface area contributed by atoms with Crippen LogP contribution in [0.15, 0.2) is 28.7 Å².